The van der Waals surface area contributed by atoms with E-state index < -0.39 is 10.0 Å². The van der Waals surface area contributed by atoms with Crippen LogP contribution in [-0.4, -0.2) is 64.2 Å². The minimum Gasteiger partial charge on any atom is -0.336 e. The summed E-state index contributed by atoms with van der Waals surface area (Å²) in [5, 5.41) is 0. The molecule has 0 atom stereocenters. The zero-order valence-corrected chi connectivity index (χ0v) is 15.9. The molecule has 1 saturated heterocycles. The highest BCUT2D eigenvalue weighted by Gasteiger charge is 2.30. The van der Waals surface area contributed by atoms with E-state index in [0.717, 1.165) is 0 Å². The molecule has 2 aromatic heterocycles. The van der Waals surface area contributed by atoms with Gasteiger partial charge >= 0.3 is 0 Å². The van der Waals surface area contributed by atoms with Gasteiger partial charge in [-0.3, -0.25) is 9.36 Å². The molecule has 0 saturated carbocycles. The van der Waals surface area contributed by atoms with Crippen LogP contribution >= 0.6 is 0 Å². The molecule has 144 valence electrons. The van der Waals surface area contributed by atoms with Crippen molar-refractivity contribution in [3.63, 3.8) is 0 Å². The van der Waals surface area contributed by atoms with Crippen molar-refractivity contribution in [3.05, 3.63) is 72.9 Å². The van der Waals surface area contributed by atoms with Gasteiger partial charge < -0.3 is 4.90 Å². The number of sulfonamides is 1. The second-order valence-electron chi connectivity index (χ2n) is 6.38. The SMILES string of the molecule is O=C(c1ccc(-n2ccnc2)nc1)N1CCN(S(=O)(=O)c2ccccc2)CC1. The molecular formula is C19H19N5O3S. The van der Waals surface area contributed by atoms with E-state index in [2.05, 4.69) is 9.97 Å². The van der Waals surface area contributed by atoms with E-state index >= 15 is 0 Å². The van der Waals surface area contributed by atoms with Gasteiger partial charge in [-0.25, -0.2) is 18.4 Å². The molecule has 1 fully saturated rings. The van der Waals surface area contributed by atoms with Gasteiger partial charge in [-0.1, -0.05) is 18.2 Å². The van der Waals surface area contributed by atoms with Gasteiger partial charge in [-0.15, -0.1) is 0 Å². The molecule has 9 heteroatoms. The van der Waals surface area contributed by atoms with Gasteiger partial charge in [0.05, 0.1) is 10.5 Å². The van der Waals surface area contributed by atoms with Gasteiger partial charge in [0.1, 0.15) is 12.1 Å². The van der Waals surface area contributed by atoms with Gasteiger partial charge in [-0.05, 0) is 24.3 Å². The Balaban J connectivity index is 1.41. The lowest BCUT2D eigenvalue weighted by molar-refractivity contribution is 0.0697. The van der Waals surface area contributed by atoms with Crippen LogP contribution in [0.1, 0.15) is 10.4 Å². The molecule has 28 heavy (non-hydrogen) atoms. The molecule has 0 unspecified atom stereocenters. The fourth-order valence-corrected chi connectivity index (χ4v) is 4.56. The van der Waals surface area contributed by atoms with E-state index in [1.54, 1.807) is 70.7 Å². The number of piperazine rings is 1. The number of hydrogen-bond acceptors (Lipinski definition) is 5. The van der Waals surface area contributed by atoms with E-state index in [9.17, 15) is 13.2 Å². The highest BCUT2D eigenvalue weighted by molar-refractivity contribution is 7.89. The maximum atomic E-state index is 12.7. The Morgan fingerprint density at radius 2 is 1.71 bits per heavy atom. The summed E-state index contributed by atoms with van der Waals surface area (Å²) in [5.41, 5.74) is 0.475. The van der Waals surface area contributed by atoms with Crippen LogP contribution in [0.2, 0.25) is 0 Å². The van der Waals surface area contributed by atoms with Crippen molar-refractivity contribution in [2.24, 2.45) is 0 Å². The molecule has 0 aliphatic carbocycles. The first-order valence-electron chi connectivity index (χ1n) is 8.84. The van der Waals surface area contributed by atoms with E-state index in [1.807, 2.05) is 0 Å². The van der Waals surface area contributed by atoms with Crippen molar-refractivity contribution in [3.8, 4) is 5.82 Å². The Hall–Kier alpha value is -3.04. The van der Waals surface area contributed by atoms with Crippen LogP contribution in [0, 0.1) is 0 Å². The van der Waals surface area contributed by atoms with E-state index in [-0.39, 0.29) is 23.9 Å². The van der Waals surface area contributed by atoms with Crippen LogP contribution in [-0.2, 0) is 10.0 Å². The topological polar surface area (TPSA) is 88.4 Å². The zero-order chi connectivity index (χ0) is 19.6. The van der Waals surface area contributed by atoms with Crippen molar-refractivity contribution in [2.45, 2.75) is 4.90 Å². The lowest BCUT2D eigenvalue weighted by Gasteiger charge is -2.34. The first-order valence-corrected chi connectivity index (χ1v) is 10.3. The average Bonchev–Trinajstić information content (AvgIpc) is 3.29. The van der Waals surface area contributed by atoms with Crippen LogP contribution in [0.25, 0.3) is 5.82 Å². The summed E-state index contributed by atoms with van der Waals surface area (Å²) in [6.07, 6.45) is 6.60. The van der Waals surface area contributed by atoms with Crippen LogP contribution in [0.4, 0.5) is 0 Å². The third kappa shape index (κ3) is 3.54. The third-order valence-electron chi connectivity index (χ3n) is 4.67. The summed E-state index contributed by atoms with van der Waals surface area (Å²) in [5.74, 6) is 0.522. The maximum Gasteiger partial charge on any atom is 0.255 e. The van der Waals surface area contributed by atoms with Crippen LogP contribution in [0.3, 0.4) is 0 Å². The molecule has 3 aromatic rings. The predicted octanol–water partition coefficient (Wildman–Crippen LogP) is 1.41. The fraction of sp³-hybridized carbons (Fsp3) is 0.211. The number of benzene rings is 1. The normalized spacial score (nSPS) is 15.5. The van der Waals surface area contributed by atoms with Gasteiger partial charge in [0.15, 0.2) is 0 Å². The monoisotopic (exact) mass is 397 g/mol. The molecule has 4 rings (SSSR count). The van der Waals surface area contributed by atoms with Crippen molar-refractivity contribution >= 4 is 15.9 Å². The molecule has 1 aromatic carbocycles. The first kappa shape index (κ1) is 18.3. The lowest BCUT2D eigenvalue weighted by Crippen LogP contribution is -2.50. The number of rotatable bonds is 4. The molecule has 0 N–H and O–H groups in total. The Labute approximate surface area is 163 Å². The molecule has 0 radical (unpaired) electrons. The fourth-order valence-electron chi connectivity index (χ4n) is 3.12. The number of hydrogen-bond donors (Lipinski definition) is 0. The minimum atomic E-state index is -3.53. The smallest absolute Gasteiger partial charge is 0.255 e. The van der Waals surface area contributed by atoms with Crippen LogP contribution in [0.5, 0.6) is 0 Å². The summed E-state index contributed by atoms with van der Waals surface area (Å²) in [4.78, 5) is 22.9. The van der Waals surface area contributed by atoms with E-state index in [4.69, 9.17) is 0 Å². The summed E-state index contributed by atoms with van der Waals surface area (Å²) < 4.78 is 28.6. The second kappa shape index (κ2) is 7.53. The van der Waals surface area contributed by atoms with Gasteiger partial charge in [-0.2, -0.15) is 4.31 Å². The molecule has 3 heterocycles. The number of carbonyl (C=O) groups is 1. The van der Waals surface area contributed by atoms with Crippen LogP contribution in [0.15, 0.2) is 72.3 Å². The van der Waals surface area contributed by atoms with Gasteiger partial charge in [0.25, 0.3) is 5.91 Å². The van der Waals surface area contributed by atoms with Crippen molar-refractivity contribution in [1.29, 1.82) is 0 Å². The highest BCUT2D eigenvalue weighted by atomic mass is 32.2. The summed E-state index contributed by atoms with van der Waals surface area (Å²) in [7, 11) is -3.53. The largest absolute Gasteiger partial charge is 0.336 e. The van der Waals surface area contributed by atoms with E-state index in [1.165, 1.54) is 10.5 Å². The van der Waals surface area contributed by atoms with Crippen molar-refractivity contribution < 1.29 is 13.2 Å². The molecule has 0 bridgehead atoms. The Morgan fingerprint density at radius 3 is 2.32 bits per heavy atom. The van der Waals surface area contributed by atoms with E-state index in [0.29, 0.717) is 24.5 Å². The number of nitrogens with zero attached hydrogens (tertiary/aromatic N) is 5. The van der Waals surface area contributed by atoms with Crippen molar-refractivity contribution in [1.82, 2.24) is 23.7 Å². The molecule has 1 aliphatic heterocycles. The number of amides is 1. The average molecular weight is 397 g/mol. The minimum absolute atomic E-state index is 0.151. The predicted molar refractivity (Wildman–Crippen MR) is 102 cm³/mol. The van der Waals surface area contributed by atoms with Gasteiger partial charge in [0.2, 0.25) is 10.0 Å². The number of pyridine rings is 1. The Bertz CT molecular complexity index is 1040. The molecular weight excluding hydrogens is 378 g/mol. The highest BCUT2D eigenvalue weighted by Crippen LogP contribution is 2.18. The maximum absolute atomic E-state index is 12.7. The second-order valence-corrected chi connectivity index (χ2v) is 8.32. The van der Waals surface area contributed by atoms with Crippen molar-refractivity contribution in [2.75, 3.05) is 26.2 Å². The third-order valence-corrected chi connectivity index (χ3v) is 6.58. The standard InChI is InChI=1S/C19H19N5O3S/c25-19(16-6-7-18(21-14-16)23-9-8-20-15-23)22-10-12-24(13-11-22)28(26,27)17-4-2-1-3-5-17/h1-9,14-15H,10-13H2. The molecule has 1 aliphatic rings. The Kier molecular flexibility index (Phi) is 4.93. The molecule has 8 nitrogen and oxygen atoms in total. The quantitative estimate of drug-likeness (QED) is 0.664. The first-order chi connectivity index (χ1) is 13.6. The number of aromatic nitrogens is 3. The zero-order valence-electron chi connectivity index (χ0n) is 15.0. The Morgan fingerprint density at radius 1 is 0.964 bits per heavy atom. The lowest BCUT2D eigenvalue weighted by atomic mass is 10.2. The number of imidazole rings is 1. The number of carbonyl (C=O) groups excluding carboxylic acids is 1. The van der Waals surface area contributed by atoms with Crippen LogP contribution < -0.4 is 0 Å². The van der Waals surface area contributed by atoms with Gasteiger partial charge in [0, 0.05) is 44.8 Å². The summed E-state index contributed by atoms with van der Waals surface area (Å²) in [6, 6.07) is 11.8. The molecule has 0 spiro atoms. The summed E-state index contributed by atoms with van der Waals surface area (Å²) >= 11 is 0. The molecule has 1 amide bonds. The summed E-state index contributed by atoms with van der Waals surface area (Å²) in [6.45, 7) is 1.22.